The Labute approximate surface area is 124 Å². The van der Waals surface area contributed by atoms with E-state index in [9.17, 15) is 12.8 Å². The molecule has 0 amide bonds. The Morgan fingerprint density at radius 2 is 1.57 bits per heavy atom. The molecule has 1 N–H and O–H groups in total. The third kappa shape index (κ3) is 3.49. The first-order valence-electron chi connectivity index (χ1n) is 6.58. The molecule has 2 aromatic rings. The molecule has 0 heterocycles. The number of benzene rings is 2. The molecule has 5 heteroatoms. The van der Waals surface area contributed by atoms with Crippen LogP contribution in [0.3, 0.4) is 0 Å². The minimum Gasteiger partial charge on any atom is -0.207 e. The molecule has 0 atom stereocenters. The molecule has 0 aliphatic heterocycles. The highest BCUT2D eigenvalue weighted by molar-refractivity contribution is 7.89. The second-order valence-corrected chi connectivity index (χ2v) is 7.15. The SMILES string of the molecule is Cc1ccccc1S(=O)(=O)NC(C)(C)c1ccc(F)cc1. The normalized spacial score (nSPS) is 12.4. The lowest BCUT2D eigenvalue weighted by molar-refractivity contribution is 0.471. The first-order chi connectivity index (χ1) is 9.72. The van der Waals surface area contributed by atoms with Crippen molar-refractivity contribution in [1.29, 1.82) is 0 Å². The average molecular weight is 307 g/mol. The van der Waals surface area contributed by atoms with Crippen LogP contribution in [0, 0.1) is 12.7 Å². The van der Waals surface area contributed by atoms with Crippen molar-refractivity contribution in [1.82, 2.24) is 4.72 Å². The lowest BCUT2D eigenvalue weighted by atomic mass is 9.96. The van der Waals surface area contributed by atoms with Gasteiger partial charge < -0.3 is 0 Å². The van der Waals surface area contributed by atoms with Crippen LogP contribution in [0.4, 0.5) is 4.39 Å². The van der Waals surface area contributed by atoms with E-state index < -0.39 is 15.6 Å². The third-order valence-corrected chi connectivity index (χ3v) is 5.15. The molecule has 21 heavy (non-hydrogen) atoms. The third-order valence-electron chi connectivity index (χ3n) is 3.34. The van der Waals surface area contributed by atoms with Gasteiger partial charge in [-0.2, -0.15) is 0 Å². The number of aryl methyl sites for hydroxylation is 1. The van der Waals surface area contributed by atoms with E-state index in [1.54, 1.807) is 57.2 Å². The fourth-order valence-corrected chi connectivity index (χ4v) is 3.82. The smallest absolute Gasteiger partial charge is 0.207 e. The Morgan fingerprint density at radius 1 is 1.00 bits per heavy atom. The van der Waals surface area contributed by atoms with E-state index in [1.807, 2.05) is 0 Å². The summed E-state index contributed by atoms with van der Waals surface area (Å²) < 4.78 is 40.7. The molecule has 0 bridgehead atoms. The zero-order chi connectivity index (χ0) is 15.7. The number of nitrogens with one attached hydrogen (secondary N) is 1. The quantitative estimate of drug-likeness (QED) is 0.941. The molecule has 0 radical (unpaired) electrons. The van der Waals surface area contributed by atoms with Crippen molar-refractivity contribution < 1.29 is 12.8 Å². The summed E-state index contributed by atoms with van der Waals surface area (Å²) in [4.78, 5) is 0.250. The predicted octanol–water partition coefficient (Wildman–Crippen LogP) is 3.35. The largest absolute Gasteiger partial charge is 0.241 e. The number of sulfonamides is 1. The molecule has 0 spiro atoms. The Hall–Kier alpha value is -1.72. The van der Waals surface area contributed by atoms with Gasteiger partial charge in [0.2, 0.25) is 10.0 Å². The van der Waals surface area contributed by atoms with Crippen LogP contribution in [-0.4, -0.2) is 8.42 Å². The lowest BCUT2D eigenvalue weighted by Crippen LogP contribution is -2.41. The van der Waals surface area contributed by atoms with E-state index in [0.717, 1.165) is 0 Å². The highest BCUT2D eigenvalue weighted by Crippen LogP contribution is 2.24. The maximum atomic E-state index is 13.0. The van der Waals surface area contributed by atoms with Crippen LogP contribution in [-0.2, 0) is 15.6 Å². The van der Waals surface area contributed by atoms with Crippen molar-refractivity contribution >= 4 is 10.0 Å². The van der Waals surface area contributed by atoms with Crippen molar-refractivity contribution in [3.05, 3.63) is 65.5 Å². The van der Waals surface area contributed by atoms with Crippen LogP contribution in [0.25, 0.3) is 0 Å². The van der Waals surface area contributed by atoms with Gasteiger partial charge in [0.15, 0.2) is 0 Å². The monoisotopic (exact) mass is 307 g/mol. The Bertz CT molecular complexity index is 737. The van der Waals surface area contributed by atoms with Gasteiger partial charge in [-0.05, 0) is 50.1 Å². The van der Waals surface area contributed by atoms with Gasteiger partial charge in [0.1, 0.15) is 5.82 Å². The number of halogens is 1. The van der Waals surface area contributed by atoms with E-state index >= 15 is 0 Å². The second kappa shape index (κ2) is 5.58. The van der Waals surface area contributed by atoms with Gasteiger partial charge in [-0.3, -0.25) is 0 Å². The molecule has 3 nitrogen and oxygen atoms in total. The fourth-order valence-electron chi connectivity index (χ4n) is 2.17. The van der Waals surface area contributed by atoms with E-state index in [-0.39, 0.29) is 10.7 Å². The highest BCUT2D eigenvalue weighted by Gasteiger charge is 2.28. The van der Waals surface area contributed by atoms with Crippen LogP contribution < -0.4 is 4.72 Å². The van der Waals surface area contributed by atoms with Crippen molar-refractivity contribution in [2.75, 3.05) is 0 Å². The fraction of sp³-hybridized carbons (Fsp3) is 0.250. The zero-order valence-corrected chi connectivity index (χ0v) is 13.0. The molecule has 0 aliphatic carbocycles. The zero-order valence-electron chi connectivity index (χ0n) is 12.2. The van der Waals surface area contributed by atoms with Gasteiger partial charge in [-0.15, -0.1) is 0 Å². The summed E-state index contributed by atoms with van der Waals surface area (Å²) in [5.74, 6) is -0.351. The predicted molar refractivity (Wildman–Crippen MR) is 80.9 cm³/mol. The molecular formula is C16H18FNO2S. The van der Waals surface area contributed by atoms with Gasteiger partial charge in [-0.1, -0.05) is 30.3 Å². The van der Waals surface area contributed by atoms with Crippen LogP contribution in [0.5, 0.6) is 0 Å². The maximum absolute atomic E-state index is 13.0. The summed E-state index contributed by atoms with van der Waals surface area (Å²) in [5.41, 5.74) is 0.537. The van der Waals surface area contributed by atoms with Gasteiger partial charge in [0, 0.05) is 0 Å². The van der Waals surface area contributed by atoms with Crippen molar-refractivity contribution in [2.24, 2.45) is 0 Å². The summed E-state index contributed by atoms with van der Waals surface area (Å²) >= 11 is 0. The minimum absolute atomic E-state index is 0.250. The summed E-state index contributed by atoms with van der Waals surface area (Å²) in [5, 5.41) is 0. The Balaban J connectivity index is 2.35. The first kappa shape index (κ1) is 15.7. The molecule has 2 rings (SSSR count). The molecule has 0 saturated heterocycles. The van der Waals surface area contributed by atoms with Gasteiger partial charge in [0.05, 0.1) is 10.4 Å². The van der Waals surface area contributed by atoms with Crippen LogP contribution in [0.1, 0.15) is 25.0 Å². The standard InChI is InChI=1S/C16H18FNO2S/c1-12-6-4-5-7-15(12)21(19,20)18-16(2,3)13-8-10-14(17)11-9-13/h4-11,18H,1-3H3. The summed E-state index contributed by atoms with van der Waals surface area (Å²) in [6.45, 7) is 5.24. The minimum atomic E-state index is -3.65. The molecule has 0 unspecified atom stereocenters. The number of hydrogen-bond acceptors (Lipinski definition) is 2. The van der Waals surface area contributed by atoms with Crippen LogP contribution in [0.15, 0.2) is 53.4 Å². The van der Waals surface area contributed by atoms with Gasteiger partial charge in [0.25, 0.3) is 0 Å². The maximum Gasteiger partial charge on any atom is 0.241 e. The van der Waals surface area contributed by atoms with E-state index in [2.05, 4.69) is 4.72 Å². The molecule has 0 aromatic heterocycles. The Morgan fingerprint density at radius 3 is 2.14 bits per heavy atom. The topological polar surface area (TPSA) is 46.2 Å². The first-order valence-corrected chi connectivity index (χ1v) is 8.06. The highest BCUT2D eigenvalue weighted by atomic mass is 32.2. The Kier molecular flexibility index (Phi) is 4.16. The number of rotatable bonds is 4. The molecule has 0 fully saturated rings. The van der Waals surface area contributed by atoms with E-state index in [0.29, 0.717) is 11.1 Å². The summed E-state index contributed by atoms with van der Waals surface area (Å²) in [6.07, 6.45) is 0. The average Bonchev–Trinajstić information content (AvgIpc) is 2.38. The lowest BCUT2D eigenvalue weighted by Gasteiger charge is -2.27. The van der Waals surface area contributed by atoms with Crippen molar-refractivity contribution in [2.45, 2.75) is 31.2 Å². The molecule has 2 aromatic carbocycles. The molecule has 0 aliphatic rings. The molecule has 0 saturated carbocycles. The van der Waals surface area contributed by atoms with Crippen LogP contribution in [0.2, 0.25) is 0 Å². The second-order valence-electron chi connectivity index (χ2n) is 5.50. The van der Waals surface area contributed by atoms with E-state index in [1.165, 1.54) is 12.1 Å². The van der Waals surface area contributed by atoms with E-state index in [4.69, 9.17) is 0 Å². The van der Waals surface area contributed by atoms with Gasteiger partial charge >= 0.3 is 0 Å². The van der Waals surface area contributed by atoms with Gasteiger partial charge in [-0.25, -0.2) is 17.5 Å². The summed E-state index contributed by atoms with van der Waals surface area (Å²) in [7, 11) is -3.65. The van der Waals surface area contributed by atoms with Crippen LogP contribution >= 0.6 is 0 Å². The summed E-state index contributed by atoms with van der Waals surface area (Å²) in [6, 6.07) is 12.6. The van der Waals surface area contributed by atoms with Crippen molar-refractivity contribution in [3.8, 4) is 0 Å². The molecular weight excluding hydrogens is 289 g/mol. The number of hydrogen-bond donors (Lipinski definition) is 1. The van der Waals surface area contributed by atoms with Crippen molar-refractivity contribution in [3.63, 3.8) is 0 Å². The molecule has 112 valence electrons.